The molecule has 0 unspecified atom stereocenters. The second kappa shape index (κ2) is 16.7. The summed E-state index contributed by atoms with van der Waals surface area (Å²) in [5.41, 5.74) is 8.24. The van der Waals surface area contributed by atoms with Gasteiger partial charge in [-0.1, -0.05) is 18.2 Å². The molecule has 0 saturated carbocycles. The number of hydrogen-bond donors (Lipinski definition) is 1. The molecule has 2 aliphatic rings. The Morgan fingerprint density at radius 1 is 0.694 bits per heavy atom. The molecule has 2 saturated heterocycles. The van der Waals surface area contributed by atoms with E-state index in [1.807, 2.05) is 86.6 Å². The molecule has 2 aromatic carbocycles. The van der Waals surface area contributed by atoms with E-state index in [0.29, 0.717) is 28.6 Å². The van der Waals surface area contributed by atoms with Crippen molar-refractivity contribution in [2.75, 3.05) is 26.2 Å². The number of hydrogen-bond acceptors (Lipinski definition) is 9. The largest absolute Gasteiger partial charge is 0.381 e. The van der Waals surface area contributed by atoms with Crippen molar-refractivity contribution in [1.29, 1.82) is 0 Å². The normalized spacial score (nSPS) is 14.7. The lowest BCUT2D eigenvalue weighted by atomic mass is 10.1. The summed E-state index contributed by atoms with van der Waals surface area (Å²) in [7, 11) is 3.73. The molecule has 15 nitrogen and oxygen atoms in total. The predicted octanol–water partition coefficient (Wildman–Crippen LogP) is 6.09. The monoisotopic (exact) mass is 829 g/mol. The van der Waals surface area contributed by atoms with Crippen molar-refractivity contribution < 1.29 is 13.9 Å². The van der Waals surface area contributed by atoms with Crippen molar-refractivity contribution >= 4 is 5.91 Å². The van der Waals surface area contributed by atoms with Crippen molar-refractivity contribution in [1.82, 2.24) is 64.2 Å². The summed E-state index contributed by atoms with van der Waals surface area (Å²) in [6.07, 6.45) is 25.7. The molecule has 10 rings (SSSR count). The zero-order valence-corrected chi connectivity index (χ0v) is 34.6. The van der Waals surface area contributed by atoms with E-state index < -0.39 is 0 Å². The average molecular weight is 830 g/mol. The zero-order chi connectivity index (χ0) is 42.2. The fourth-order valence-electron chi connectivity index (χ4n) is 8.46. The molecule has 0 spiro atoms. The van der Waals surface area contributed by atoms with Gasteiger partial charge in [0.2, 0.25) is 5.91 Å². The van der Waals surface area contributed by atoms with Gasteiger partial charge in [0.15, 0.2) is 11.6 Å². The van der Waals surface area contributed by atoms with Crippen LogP contribution >= 0.6 is 0 Å². The molecule has 8 heterocycles. The van der Waals surface area contributed by atoms with Crippen LogP contribution in [0.25, 0.3) is 73.1 Å². The lowest BCUT2D eigenvalue weighted by Crippen LogP contribution is -2.45. The number of piperidine rings is 2. The molecule has 2 fully saturated rings. The summed E-state index contributed by atoms with van der Waals surface area (Å²) in [5, 5.41) is 17.2. The van der Waals surface area contributed by atoms with Gasteiger partial charge in [-0.05, 0) is 80.6 Å². The predicted molar refractivity (Wildman–Crippen MR) is 231 cm³/mol. The maximum absolute atomic E-state index is 14.9. The molecule has 1 N–H and O–H groups in total. The zero-order valence-electron chi connectivity index (χ0n) is 34.6. The second-order valence-electron chi connectivity index (χ2n) is 16.1. The van der Waals surface area contributed by atoms with Crippen LogP contribution in [0.3, 0.4) is 0 Å². The molecule has 62 heavy (non-hydrogen) atoms. The number of carbonyl (C=O) groups is 1. The Balaban J connectivity index is 1.02. The third-order valence-electron chi connectivity index (χ3n) is 11.7. The topological polar surface area (TPSA) is 146 Å². The Morgan fingerprint density at radius 3 is 2.02 bits per heavy atom. The second-order valence-corrected chi connectivity index (χ2v) is 16.1. The molecule has 0 bridgehead atoms. The van der Waals surface area contributed by atoms with Gasteiger partial charge in [-0.25, -0.2) is 29.0 Å². The number of nitrogens with one attached hydrogen (secondary N) is 1. The quantitative estimate of drug-likeness (QED) is 0.162. The summed E-state index contributed by atoms with van der Waals surface area (Å²) in [4.78, 5) is 34.7. The van der Waals surface area contributed by atoms with Gasteiger partial charge < -0.3 is 10.2 Å². The number of aryl methyl sites for hydroxylation is 2. The number of carbonyl (C=O) groups excluding carboxylic acids is 1. The van der Waals surface area contributed by atoms with Crippen LogP contribution in [0.4, 0.5) is 4.39 Å². The van der Waals surface area contributed by atoms with E-state index in [1.165, 1.54) is 12.1 Å². The Morgan fingerprint density at radius 2 is 1.32 bits per heavy atom. The van der Waals surface area contributed by atoms with E-state index in [2.05, 4.69) is 37.1 Å². The van der Waals surface area contributed by atoms with Crippen molar-refractivity contribution in [3.05, 3.63) is 116 Å². The fraction of sp³-hybridized carbons (Fsp3) is 0.283. The van der Waals surface area contributed by atoms with Gasteiger partial charge >= 0.3 is 5.82 Å². The summed E-state index contributed by atoms with van der Waals surface area (Å²) in [6.45, 7) is 3.41. The highest BCUT2D eigenvalue weighted by atomic mass is 19.1. The van der Waals surface area contributed by atoms with Crippen LogP contribution in [0.2, 0.25) is 0 Å². The highest BCUT2D eigenvalue weighted by Crippen LogP contribution is 2.31. The lowest BCUT2D eigenvalue weighted by molar-refractivity contribution is -0.691. The molecular formula is C46H46FN14O+. The van der Waals surface area contributed by atoms with E-state index in [0.717, 1.165) is 103 Å². The number of likely N-dealkylation sites (tertiary alicyclic amines) is 1. The average Bonchev–Trinajstić information content (AvgIpc) is 4.14. The van der Waals surface area contributed by atoms with E-state index in [4.69, 9.17) is 25.0 Å². The maximum Gasteiger partial charge on any atom is 0.381 e. The number of aromatic nitrogens is 12. The number of amides is 1. The van der Waals surface area contributed by atoms with Gasteiger partial charge in [-0.2, -0.15) is 14.9 Å². The number of rotatable bonds is 10. The molecule has 312 valence electrons. The van der Waals surface area contributed by atoms with Gasteiger partial charge in [0.25, 0.3) is 0 Å². The van der Waals surface area contributed by atoms with Crippen LogP contribution in [0.15, 0.2) is 111 Å². The maximum atomic E-state index is 14.9. The fourth-order valence-corrected chi connectivity index (χ4v) is 8.46. The molecular weight excluding hydrogens is 784 g/mol. The molecule has 1 amide bonds. The molecule has 0 aliphatic carbocycles. The van der Waals surface area contributed by atoms with Crippen LogP contribution in [0.5, 0.6) is 0 Å². The Labute approximate surface area is 357 Å². The van der Waals surface area contributed by atoms with Gasteiger partial charge in [0.05, 0.1) is 35.9 Å². The third kappa shape index (κ3) is 8.03. The Bertz CT molecular complexity index is 2860. The number of nitrogens with zero attached hydrogens (tertiary/aromatic N) is 13. The van der Waals surface area contributed by atoms with E-state index in [9.17, 15) is 9.18 Å². The van der Waals surface area contributed by atoms with Crippen LogP contribution in [0.1, 0.15) is 38.1 Å². The minimum atomic E-state index is -0.378. The summed E-state index contributed by atoms with van der Waals surface area (Å²) in [5.74, 6) is 1.33. The van der Waals surface area contributed by atoms with Crippen molar-refractivity contribution in [2.45, 2.75) is 44.7 Å². The SMILES string of the molecule is Cn1cc(-c2cccc(-c3ncc(-c4cn(CC(=O)N5CCCCC5)nc4-[n+]4cc(-c5cnc(-c6cc(F)cc(-c7cnn(C)c7)c6)nc5)cn4C4CCNCC4)cn3)c2)cn1. The number of benzene rings is 2. The minimum Gasteiger partial charge on any atom is -0.341 e. The van der Waals surface area contributed by atoms with E-state index in [1.54, 1.807) is 32.6 Å². The van der Waals surface area contributed by atoms with Gasteiger partial charge in [0, 0.05) is 103 Å². The third-order valence-corrected chi connectivity index (χ3v) is 11.7. The van der Waals surface area contributed by atoms with Crippen LogP contribution in [0, 0.1) is 5.82 Å². The van der Waals surface area contributed by atoms with E-state index in [-0.39, 0.29) is 24.3 Å². The highest BCUT2D eigenvalue weighted by molar-refractivity contribution is 5.77. The van der Waals surface area contributed by atoms with Gasteiger partial charge in [-0.15, -0.1) is 4.68 Å². The van der Waals surface area contributed by atoms with Crippen molar-refractivity contribution in [3.8, 4) is 73.1 Å². The summed E-state index contributed by atoms with van der Waals surface area (Å²) in [6, 6.07) is 13.1. The van der Waals surface area contributed by atoms with Gasteiger partial charge in [0.1, 0.15) is 24.1 Å². The number of halogens is 1. The first-order chi connectivity index (χ1) is 30.3. The minimum absolute atomic E-state index is 0.0490. The van der Waals surface area contributed by atoms with Crippen LogP contribution in [-0.2, 0) is 25.4 Å². The molecule has 16 heteroatoms. The highest BCUT2D eigenvalue weighted by Gasteiger charge is 2.31. The first-order valence-corrected chi connectivity index (χ1v) is 21.1. The van der Waals surface area contributed by atoms with Crippen LogP contribution < -0.4 is 10.00 Å². The standard InChI is InChI=1S/C46H46FN14O/c1-56-25-37(23-53-56)31-7-6-8-32(15-31)44-51-21-36(22-52-44)42-29-59(30-43(62)58-13-4-3-5-14-58)55-46(42)61-28-39(27-60(61)41-9-11-48-12-10-41)35-19-49-45(50-20-35)34-16-33(17-40(47)18-34)38-24-54-57(2)26-38/h6-8,15-29,41,48H,3-5,9-14,30H2,1-2H3/q+1. The smallest absolute Gasteiger partial charge is 0.341 e. The molecule has 2 aliphatic heterocycles. The summed E-state index contributed by atoms with van der Waals surface area (Å²) >= 11 is 0. The Kier molecular flexibility index (Phi) is 10.5. The van der Waals surface area contributed by atoms with Gasteiger partial charge in [-0.3, -0.25) is 14.2 Å². The first kappa shape index (κ1) is 39.0. The first-order valence-electron chi connectivity index (χ1n) is 21.1. The summed E-state index contributed by atoms with van der Waals surface area (Å²) < 4.78 is 24.4. The molecule has 6 aromatic heterocycles. The van der Waals surface area contributed by atoms with Crippen molar-refractivity contribution in [3.63, 3.8) is 0 Å². The van der Waals surface area contributed by atoms with E-state index >= 15 is 0 Å². The molecule has 8 aromatic rings. The molecule has 0 radical (unpaired) electrons. The Hall–Kier alpha value is -7.20. The molecule has 0 atom stereocenters. The van der Waals surface area contributed by atoms with Crippen molar-refractivity contribution in [2.24, 2.45) is 14.1 Å². The lowest BCUT2D eigenvalue weighted by Gasteiger charge is -2.26. The van der Waals surface area contributed by atoms with Crippen LogP contribution in [-0.4, -0.2) is 90.9 Å².